The van der Waals surface area contributed by atoms with E-state index in [1.807, 2.05) is 27.7 Å². The molecule has 0 aromatic rings. The van der Waals surface area contributed by atoms with Crippen LogP contribution in [0.15, 0.2) is 5.16 Å². The Labute approximate surface area is 103 Å². The maximum absolute atomic E-state index is 11.8. The molecule has 1 unspecified atom stereocenters. The van der Waals surface area contributed by atoms with Crippen molar-refractivity contribution < 1.29 is 10.0 Å². The lowest BCUT2D eigenvalue weighted by molar-refractivity contribution is -0.123. The summed E-state index contributed by atoms with van der Waals surface area (Å²) in [6.07, 6.45) is 0.737. The molecule has 0 radical (unpaired) electrons. The summed E-state index contributed by atoms with van der Waals surface area (Å²) in [5.74, 6) is 0.269. The summed E-state index contributed by atoms with van der Waals surface area (Å²) in [7, 11) is 0. The quantitative estimate of drug-likeness (QED) is 0.561. The van der Waals surface area contributed by atoms with Gasteiger partial charge in [-0.2, -0.15) is 0 Å². The van der Waals surface area contributed by atoms with Gasteiger partial charge in [0, 0.05) is 31.0 Å². The SMILES string of the molecule is CC1CN(CC(=O)NC(C)(C)C)CCC1=NO. The molecule has 2 N–H and O–H groups in total. The molecule has 1 aliphatic heterocycles. The molecule has 98 valence electrons. The van der Waals surface area contributed by atoms with E-state index in [-0.39, 0.29) is 17.4 Å². The van der Waals surface area contributed by atoms with E-state index in [1.165, 1.54) is 0 Å². The van der Waals surface area contributed by atoms with E-state index in [2.05, 4.69) is 15.4 Å². The Hall–Kier alpha value is -1.10. The molecule has 0 aromatic heterocycles. The van der Waals surface area contributed by atoms with Gasteiger partial charge in [-0.15, -0.1) is 0 Å². The second kappa shape index (κ2) is 5.49. The first-order valence-corrected chi connectivity index (χ1v) is 6.06. The van der Waals surface area contributed by atoms with Gasteiger partial charge < -0.3 is 10.5 Å². The third kappa shape index (κ3) is 4.73. The number of hydrogen-bond donors (Lipinski definition) is 2. The van der Waals surface area contributed by atoms with E-state index < -0.39 is 0 Å². The number of oxime groups is 1. The molecular formula is C12H23N3O2. The van der Waals surface area contributed by atoms with Gasteiger partial charge in [0.05, 0.1) is 12.3 Å². The first-order valence-electron chi connectivity index (χ1n) is 6.06. The van der Waals surface area contributed by atoms with E-state index >= 15 is 0 Å². The van der Waals surface area contributed by atoms with Crippen molar-refractivity contribution in [2.75, 3.05) is 19.6 Å². The van der Waals surface area contributed by atoms with E-state index in [0.717, 1.165) is 25.2 Å². The lowest BCUT2D eigenvalue weighted by atomic mass is 9.97. The molecule has 1 saturated heterocycles. The van der Waals surface area contributed by atoms with E-state index in [0.29, 0.717) is 6.54 Å². The van der Waals surface area contributed by atoms with Gasteiger partial charge in [0.2, 0.25) is 5.91 Å². The molecule has 0 aromatic carbocycles. The minimum Gasteiger partial charge on any atom is -0.411 e. The zero-order chi connectivity index (χ0) is 13.1. The minimum atomic E-state index is -0.184. The lowest BCUT2D eigenvalue weighted by Gasteiger charge is -2.31. The Morgan fingerprint density at radius 1 is 1.59 bits per heavy atom. The summed E-state index contributed by atoms with van der Waals surface area (Å²) < 4.78 is 0. The zero-order valence-corrected chi connectivity index (χ0v) is 11.2. The molecule has 1 aliphatic rings. The highest BCUT2D eigenvalue weighted by molar-refractivity contribution is 5.87. The maximum atomic E-state index is 11.8. The van der Waals surface area contributed by atoms with Crippen molar-refractivity contribution in [1.29, 1.82) is 0 Å². The number of carbonyl (C=O) groups is 1. The Bertz CT molecular complexity index is 307. The number of nitrogens with zero attached hydrogens (tertiary/aromatic N) is 2. The van der Waals surface area contributed by atoms with Gasteiger partial charge in [0.1, 0.15) is 0 Å². The Morgan fingerprint density at radius 3 is 2.71 bits per heavy atom. The summed E-state index contributed by atoms with van der Waals surface area (Å²) in [4.78, 5) is 13.8. The van der Waals surface area contributed by atoms with Crippen LogP contribution in [0.2, 0.25) is 0 Å². The average Bonchev–Trinajstić information content (AvgIpc) is 2.14. The van der Waals surface area contributed by atoms with Crippen molar-refractivity contribution in [2.45, 2.75) is 39.7 Å². The molecule has 1 atom stereocenters. The summed E-state index contributed by atoms with van der Waals surface area (Å²) in [6.45, 7) is 9.90. The van der Waals surface area contributed by atoms with Crippen molar-refractivity contribution >= 4 is 11.6 Å². The average molecular weight is 241 g/mol. The number of carbonyl (C=O) groups excluding carboxylic acids is 1. The van der Waals surface area contributed by atoms with Gasteiger partial charge in [-0.25, -0.2) is 0 Å². The summed E-state index contributed by atoms with van der Waals surface area (Å²) in [5.41, 5.74) is 0.647. The summed E-state index contributed by atoms with van der Waals surface area (Å²) >= 11 is 0. The van der Waals surface area contributed by atoms with Gasteiger partial charge in [0.15, 0.2) is 0 Å². The highest BCUT2D eigenvalue weighted by Crippen LogP contribution is 2.13. The first-order chi connectivity index (χ1) is 7.81. The molecule has 17 heavy (non-hydrogen) atoms. The number of amides is 1. The third-order valence-electron chi connectivity index (χ3n) is 2.80. The molecule has 0 saturated carbocycles. The van der Waals surface area contributed by atoms with Crippen LogP contribution in [-0.4, -0.2) is 46.9 Å². The molecule has 0 bridgehead atoms. The predicted molar refractivity (Wildman–Crippen MR) is 67.3 cm³/mol. The number of likely N-dealkylation sites (tertiary alicyclic amines) is 1. The predicted octanol–water partition coefficient (Wildman–Crippen LogP) is 1.07. The van der Waals surface area contributed by atoms with Crippen LogP contribution in [-0.2, 0) is 4.79 Å². The molecule has 0 spiro atoms. The zero-order valence-electron chi connectivity index (χ0n) is 11.2. The largest absolute Gasteiger partial charge is 0.411 e. The summed E-state index contributed by atoms with van der Waals surface area (Å²) in [6, 6.07) is 0. The molecule has 5 nitrogen and oxygen atoms in total. The fraction of sp³-hybridized carbons (Fsp3) is 0.833. The molecule has 1 fully saturated rings. The summed E-state index contributed by atoms with van der Waals surface area (Å²) in [5, 5.41) is 15.0. The molecule has 1 amide bonds. The van der Waals surface area contributed by atoms with Crippen molar-refractivity contribution in [3.63, 3.8) is 0 Å². The van der Waals surface area contributed by atoms with Crippen LogP contribution >= 0.6 is 0 Å². The van der Waals surface area contributed by atoms with Crippen LogP contribution in [0.3, 0.4) is 0 Å². The van der Waals surface area contributed by atoms with Gasteiger partial charge in [-0.1, -0.05) is 12.1 Å². The first kappa shape index (κ1) is 14.0. The van der Waals surface area contributed by atoms with Gasteiger partial charge in [-0.3, -0.25) is 9.69 Å². The lowest BCUT2D eigenvalue weighted by Crippen LogP contribution is -2.49. The fourth-order valence-corrected chi connectivity index (χ4v) is 2.06. The molecule has 0 aliphatic carbocycles. The second-order valence-electron chi connectivity index (χ2n) is 5.78. The van der Waals surface area contributed by atoms with Crippen LogP contribution in [0.5, 0.6) is 0 Å². The Kier molecular flexibility index (Phi) is 4.51. The third-order valence-corrected chi connectivity index (χ3v) is 2.80. The maximum Gasteiger partial charge on any atom is 0.234 e. The number of piperidine rings is 1. The van der Waals surface area contributed by atoms with Gasteiger partial charge >= 0.3 is 0 Å². The topological polar surface area (TPSA) is 64.9 Å². The Morgan fingerprint density at radius 2 is 2.24 bits per heavy atom. The van der Waals surface area contributed by atoms with Crippen molar-refractivity contribution in [2.24, 2.45) is 11.1 Å². The normalized spacial score (nSPS) is 24.9. The number of rotatable bonds is 2. The van der Waals surface area contributed by atoms with Crippen LogP contribution in [0, 0.1) is 5.92 Å². The van der Waals surface area contributed by atoms with Gasteiger partial charge in [0.25, 0.3) is 0 Å². The van der Waals surface area contributed by atoms with E-state index in [4.69, 9.17) is 5.21 Å². The molecule has 5 heteroatoms. The van der Waals surface area contributed by atoms with Gasteiger partial charge in [-0.05, 0) is 20.8 Å². The van der Waals surface area contributed by atoms with Crippen LogP contribution in [0.4, 0.5) is 0 Å². The van der Waals surface area contributed by atoms with E-state index in [1.54, 1.807) is 0 Å². The molecule has 1 heterocycles. The van der Waals surface area contributed by atoms with Crippen LogP contribution < -0.4 is 5.32 Å². The van der Waals surface area contributed by atoms with Crippen molar-refractivity contribution in [1.82, 2.24) is 10.2 Å². The standard InChI is InChI=1S/C12H23N3O2/c1-9-7-15(6-5-10(9)14-17)8-11(16)13-12(2,3)4/h9,17H,5-8H2,1-4H3,(H,13,16). The minimum absolute atomic E-state index is 0.0501. The van der Waals surface area contributed by atoms with Crippen LogP contribution in [0.1, 0.15) is 34.1 Å². The van der Waals surface area contributed by atoms with E-state index in [9.17, 15) is 4.79 Å². The highest BCUT2D eigenvalue weighted by atomic mass is 16.4. The fourth-order valence-electron chi connectivity index (χ4n) is 2.06. The molecule has 1 rings (SSSR count). The monoisotopic (exact) mass is 241 g/mol. The second-order valence-corrected chi connectivity index (χ2v) is 5.78. The number of nitrogens with one attached hydrogen (secondary N) is 1. The number of hydrogen-bond acceptors (Lipinski definition) is 4. The molecular weight excluding hydrogens is 218 g/mol. The van der Waals surface area contributed by atoms with Crippen LogP contribution in [0.25, 0.3) is 0 Å². The Balaban J connectivity index is 2.42. The highest BCUT2D eigenvalue weighted by Gasteiger charge is 2.24. The van der Waals surface area contributed by atoms with Crippen molar-refractivity contribution in [3.8, 4) is 0 Å². The van der Waals surface area contributed by atoms with Crippen molar-refractivity contribution in [3.05, 3.63) is 0 Å². The smallest absolute Gasteiger partial charge is 0.234 e.